The molecular formula is C7H6N4O2. The van der Waals surface area contributed by atoms with Gasteiger partial charge in [0.15, 0.2) is 0 Å². The van der Waals surface area contributed by atoms with Crippen LogP contribution in [0.4, 0.5) is 5.69 Å². The molecule has 0 saturated heterocycles. The van der Waals surface area contributed by atoms with Crippen LogP contribution in [0.2, 0.25) is 0 Å². The number of azide groups is 1. The fraction of sp³-hybridized carbons (Fsp3) is 0.143. The fourth-order valence-electron chi connectivity index (χ4n) is 0.788. The molecule has 66 valence electrons. The number of hydrogen-bond donors (Lipinski definition) is 1. The predicted molar refractivity (Wildman–Crippen MR) is 44.7 cm³/mol. The van der Waals surface area contributed by atoms with Crippen molar-refractivity contribution < 1.29 is 9.90 Å². The van der Waals surface area contributed by atoms with Crippen molar-refractivity contribution in [3.8, 4) is 0 Å². The van der Waals surface area contributed by atoms with Gasteiger partial charge in [-0.1, -0.05) is 5.11 Å². The van der Waals surface area contributed by atoms with Crippen molar-refractivity contribution in [2.45, 2.75) is 6.92 Å². The molecule has 0 atom stereocenters. The molecule has 0 aromatic carbocycles. The molecule has 13 heavy (non-hydrogen) atoms. The summed E-state index contributed by atoms with van der Waals surface area (Å²) in [5.41, 5.74) is 8.91. The van der Waals surface area contributed by atoms with Crippen LogP contribution < -0.4 is 0 Å². The zero-order chi connectivity index (χ0) is 9.84. The number of nitrogens with zero attached hydrogens (tertiary/aromatic N) is 4. The number of aromatic nitrogens is 1. The highest BCUT2D eigenvalue weighted by atomic mass is 16.4. The number of rotatable bonds is 2. The van der Waals surface area contributed by atoms with E-state index in [4.69, 9.17) is 10.6 Å². The maximum atomic E-state index is 10.5. The van der Waals surface area contributed by atoms with Crippen LogP contribution >= 0.6 is 0 Å². The van der Waals surface area contributed by atoms with E-state index in [-0.39, 0.29) is 11.3 Å². The Bertz CT molecular complexity index is 395. The smallest absolute Gasteiger partial charge is 0.337 e. The topological polar surface area (TPSA) is 99.0 Å². The summed E-state index contributed by atoms with van der Waals surface area (Å²) in [4.78, 5) is 16.8. The van der Waals surface area contributed by atoms with Gasteiger partial charge in [-0.15, -0.1) is 0 Å². The lowest BCUT2D eigenvalue weighted by atomic mass is 10.2. The molecule has 0 radical (unpaired) electrons. The normalized spacial score (nSPS) is 9.00. The summed E-state index contributed by atoms with van der Waals surface area (Å²) in [7, 11) is 0. The number of pyridine rings is 1. The van der Waals surface area contributed by atoms with E-state index in [9.17, 15) is 4.79 Å². The molecule has 0 aliphatic carbocycles. The van der Waals surface area contributed by atoms with Crippen LogP contribution in [0, 0.1) is 6.92 Å². The lowest BCUT2D eigenvalue weighted by Crippen LogP contribution is -1.97. The number of carboxylic acid groups (broad SMARTS) is 1. The van der Waals surface area contributed by atoms with E-state index in [2.05, 4.69) is 15.0 Å². The van der Waals surface area contributed by atoms with Gasteiger partial charge in [0.05, 0.1) is 11.3 Å². The van der Waals surface area contributed by atoms with E-state index < -0.39 is 5.97 Å². The molecule has 6 nitrogen and oxygen atoms in total. The molecule has 0 bridgehead atoms. The second kappa shape index (κ2) is 3.55. The third kappa shape index (κ3) is 1.94. The van der Waals surface area contributed by atoms with E-state index in [1.807, 2.05) is 0 Å². The molecule has 1 aromatic rings. The molecule has 1 rings (SSSR count). The lowest BCUT2D eigenvalue weighted by Gasteiger charge is -1.98. The fourth-order valence-corrected chi connectivity index (χ4v) is 0.788. The zero-order valence-electron chi connectivity index (χ0n) is 6.80. The van der Waals surface area contributed by atoms with Gasteiger partial charge in [-0.05, 0) is 18.5 Å². The Balaban J connectivity index is 3.26. The second-order valence-electron chi connectivity index (χ2n) is 2.32. The van der Waals surface area contributed by atoms with Crippen molar-refractivity contribution in [3.63, 3.8) is 0 Å². The minimum absolute atomic E-state index is 0.00741. The Morgan fingerprint density at radius 3 is 3.00 bits per heavy atom. The van der Waals surface area contributed by atoms with E-state index in [0.717, 1.165) is 0 Å². The highest BCUT2D eigenvalue weighted by Gasteiger charge is 2.05. The van der Waals surface area contributed by atoms with Crippen molar-refractivity contribution in [1.29, 1.82) is 0 Å². The molecule has 1 heterocycles. The molecule has 1 aromatic heterocycles. The molecule has 0 unspecified atom stereocenters. The number of carbonyl (C=O) groups is 1. The SMILES string of the molecule is Cc1ncc(C(=O)O)cc1N=[N+]=[N-]. The van der Waals surface area contributed by atoms with Crippen LogP contribution in [0.25, 0.3) is 10.4 Å². The molecule has 0 amide bonds. The van der Waals surface area contributed by atoms with Gasteiger partial charge >= 0.3 is 5.97 Å². The minimum atomic E-state index is -1.10. The van der Waals surface area contributed by atoms with Gasteiger partial charge in [-0.3, -0.25) is 4.98 Å². The Morgan fingerprint density at radius 2 is 2.46 bits per heavy atom. The van der Waals surface area contributed by atoms with Crippen LogP contribution in [0.5, 0.6) is 0 Å². The summed E-state index contributed by atoms with van der Waals surface area (Å²) in [6.07, 6.45) is 1.22. The Hall–Kier alpha value is -2.07. The molecular weight excluding hydrogens is 172 g/mol. The summed E-state index contributed by atoms with van der Waals surface area (Å²) in [5.74, 6) is -1.10. The van der Waals surface area contributed by atoms with E-state index in [1.165, 1.54) is 12.3 Å². The number of carboxylic acids is 1. The zero-order valence-corrected chi connectivity index (χ0v) is 6.80. The van der Waals surface area contributed by atoms with Crippen LogP contribution in [0.3, 0.4) is 0 Å². The van der Waals surface area contributed by atoms with Gasteiger partial charge in [-0.25, -0.2) is 4.79 Å². The molecule has 1 N–H and O–H groups in total. The van der Waals surface area contributed by atoms with Crippen LogP contribution in [-0.2, 0) is 0 Å². The summed E-state index contributed by atoms with van der Waals surface area (Å²) in [5, 5.41) is 11.9. The average molecular weight is 178 g/mol. The van der Waals surface area contributed by atoms with Crippen molar-refractivity contribution in [2.24, 2.45) is 5.11 Å². The maximum Gasteiger partial charge on any atom is 0.337 e. The van der Waals surface area contributed by atoms with Crippen LogP contribution in [0.1, 0.15) is 16.1 Å². The Morgan fingerprint density at radius 1 is 1.77 bits per heavy atom. The summed E-state index contributed by atoms with van der Waals surface area (Å²) in [6, 6.07) is 1.28. The van der Waals surface area contributed by atoms with Crippen LogP contribution in [0.15, 0.2) is 17.4 Å². The van der Waals surface area contributed by atoms with E-state index in [1.54, 1.807) is 6.92 Å². The quantitative estimate of drug-likeness (QED) is 0.426. The first kappa shape index (κ1) is 9.02. The molecule has 0 fully saturated rings. The summed E-state index contributed by atoms with van der Waals surface area (Å²) < 4.78 is 0. The molecule has 0 saturated carbocycles. The number of aromatic carboxylic acids is 1. The van der Waals surface area contributed by atoms with Crippen LogP contribution in [-0.4, -0.2) is 16.1 Å². The van der Waals surface area contributed by atoms with Crippen molar-refractivity contribution in [3.05, 3.63) is 34.0 Å². The van der Waals surface area contributed by atoms with Gasteiger partial charge in [0, 0.05) is 16.8 Å². The third-order valence-corrected chi connectivity index (χ3v) is 1.46. The van der Waals surface area contributed by atoms with E-state index in [0.29, 0.717) is 5.69 Å². The third-order valence-electron chi connectivity index (χ3n) is 1.46. The molecule has 0 spiro atoms. The van der Waals surface area contributed by atoms with Gasteiger partial charge < -0.3 is 5.11 Å². The first-order valence-corrected chi connectivity index (χ1v) is 3.40. The Kier molecular flexibility index (Phi) is 2.47. The van der Waals surface area contributed by atoms with Crippen molar-refractivity contribution in [2.75, 3.05) is 0 Å². The van der Waals surface area contributed by atoms with Gasteiger partial charge in [-0.2, -0.15) is 0 Å². The highest BCUT2D eigenvalue weighted by molar-refractivity contribution is 5.88. The Labute approximate surface area is 73.5 Å². The first-order valence-electron chi connectivity index (χ1n) is 3.40. The second-order valence-corrected chi connectivity index (χ2v) is 2.32. The number of aryl methyl sites for hydroxylation is 1. The monoisotopic (exact) mass is 178 g/mol. The largest absolute Gasteiger partial charge is 0.478 e. The lowest BCUT2D eigenvalue weighted by molar-refractivity contribution is 0.0696. The first-order chi connectivity index (χ1) is 6.15. The van der Waals surface area contributed by atoms with E-state index >= 15 is 0 Å². The summed E-state index contributed by atoms with van der Waals surface area (Å²) in [6.45, 7) is 1.63. The van der Waals surface area contributed by atoms with Gasteiger partial charge in [0.2, 0.25) is 0 Å². The highest BCUT2D eigenvalue weighted by Crippen LogP contribution is 2.17. The standard InChI is InChI=1S/C7H6N4O2/c1-4-6(10-11-8)2-5(3-9-4)7(12)13/h2-3H,1H3,(H,12,13). The van der Waals surface area contributed by atoms with Gasteiger partial charge in [0.1, 0.15) is 0 Å². The maximum absolute atomic E-state index is 10.5. The van der Waals surface area contributed by atoms with Crippen molar-refractivity contribution >= 4 is 11.7 Å². The molecule has 6 heteroatoms. The average Bonchev–Trinajstić information content (AvgIpc) is 2.08. The van der Waals surface area contributed by atoms with Gasteiger partial charge in [0.25, 0.3) is 0 Å². The summed E-state index contributed by atoms with van der Waals surface area (Å²) >= 11 is 0. The van der Waals surface area contributed by atoms with Crippen molar-refractivity contribution in [1.82, 2.24) is 4.98 Å². The minimum Gasteiger partial charge on any atom is -0.478 e. The molecule has 0 aliphatic heterocycles. The predicted octanol–water partition coefficient (Wildman–Crippen LogP) is 2.03. The number of hydrogen-bond acceptors (Lipinski definition) is 3. The molecule has 0 aliphatic rings.